The molecule has 0 bridgehead atoms. The van der Waals surface area contributed by atoms with Gasteiger partial charge in [0.05, 0.1) is 11.6 Å². The van der Waals surface area contributed by atoms with E-state index in [4.69, 9.17) is 5.26 Å². The fraction of sp³-hybridized carbons (Fsp3) is 0.227. The fourth-order valence-corrected chi connectivity index (χ4v) is 2.93. The van der Waals surface area contributed by atoms with E-state index in [1.807, 2.05) is 37.3 Å². The molecule has 0 N–H and O–H groups in total. The maximum atomic E-state index is 13.6. The third kappa shape index (κ3) is 4.35. The van der Waals surface area contributed by atoms with Crippen molar-refractivity contribution in [2.45, 2.75) is 19.5 Å². The van der Waals surface area contributed by atoms with Crippen LogP contribution in [0.25, 0.3) is 0 Å². The van der Waals surface area contributed by atoms with Crippen LogP contribution in [0.1, 0.15) is 23.6 Å². The summed E-state index contributed by atoms with van der Waals surface area (Å²) >= 11 is 0. The Morgan fingerprint density at radius 2 is 1.50 bits per heavy atom. The fourth-order valence-electron chi connectivity index (χ4n) is 2.93. The molecule has 3 aromatic rings. The number of nitriles is 1. The van der Waals surface area contributed by atoms with Crippen LogP contribution in [0.5, 0.6) is 0 Å². The van der Waals surface area contributed by atoms with Crippen LogP contribution < -0.4 is 9.80 Å². The first-order valence-corrected chi connectivity index (χ1v) is 9.25. The van der Waals surface area contributed by atoms with Crippen molar-refractivity contribution in [2.75, 3.05) is 23.9 Å². The zero-order valence-corrected chi connectivity index (χ0v) is 16.8. The molecule has 0 radical (unpaired) electrons. The molecule has 3 rings (SSSR count). The Kier molecular flexibility index (Phi) is 5.92. The smallest absolute Gasteiger partial charge is 0.329 e. The molecule has 154 valence electrons. The molecule has 0 spiro atoms. The topological polar surface area (TPSA) is 56.1 Å². The van der Waals surface area contributed by atoms with Gasteiger partial charge in [-0.05, 0) is 48.4 Å². The molecule has 0 atom stereocenters. The zero-order valence-electron chi connectivity index (χ0n) is 16.8. The number of aromatic nitrogens is 2. The van der Waals surface area contributed by atoms with Gasteiger partial charge in [0.25, 0.3) is 0 Å². The molecule has 0 fully saturated rings. The maximum Gasteiger partial charge on any atom is 0.421 e. The van der Waals surface area contributed by atoms with E-state index in [0.717, 1.165) is 23.9 Å². The highest BCUT2D eigenvalue weighted by molar-refractivity contribution is 5.66. The second kappa shape index (κ2) is 8.41. The number of rotatable bonds is 5. The quantitative estimate of drug-likeness (QED) is 0.558. The third-order valence-electron chi connectivity index (χ3n) is 4.79. The number of nitrogens with zero attached hydrogens (tertiary/aromatic N) is 5. The van der Waals surface area contributed by atoms with E-state index in [0.29, 0.717) is 11.3 Å². The lowest BCUT2D eigenvalue weighted by atomic mass is 10.1. The van der Waals surface area contributed by atoms with E-state index in [1.165, 1.54) is 11.9 Å². The van der Waals surface area contributed by atoms with Gasteiger partial charge < -0.3 is 9.80 Å². The highest BCUT2D eigenvalue weighted by atomic mass is 19.4. The molecule has 2 aromatic carbocycles. The standard InChI is InChI=1S/C22H20F3N5/c1-4-15-5-9-18(10-6-15)30(3)21-27-14-19(22(23,24)25)20(28-21)29(2)17-11-7-16(13-26)8-12-17/h5-12,14H,4H2,1-3H3. The summed E-state index contributed by atoms with van der Waals surface area (Å²) in [7, 11) is 3.20. The summed E-state index contributed by atoms with van der Waals surface area (Å²) in [5.74, 6) is -0.128. The monoisotopic (exact) mass is 411 g/mol. The molecule has 1 heterocycles. The first kappa shape index (κ1) is 21.1. The van der Waals surface area contributed by atoms with Gasteiger partial charge in [-0.1, -0.05) is 19.1 Å². The summed E-state index contributed by atoms with van der Waals surface area (Å²) in [4.78, 5) is 11.2. The average Bonchev–Trinajstić information content (AvgIpc) is 2.77. The van der Waals surface area contributed by atoms with E-state index in [-0.39, 0.29) is 11.8 Å². The molecule has 0 aliphatic carbocycles. The van der Waals surface area contributed by atoms with Crippen LogP contribution in [0.15, 0.2) is 54.7 Å². The Labute approximate surface area is 173 Å². The molecular formula is C22H20F3N5. The predicted molar refractivity (Wildman–Crippen MR) is 110 cm³/mol. The molecule has 5 nitrogen and oxygen atoms in total. The average molecular weight is 411 g/mol. The molecular weight excluding hydrogens is 391 g/mol. The van der Waals surface area contributed by atoms with E-state index in [1.54, 1.807) is 36.2 Å². The van der Waals surface area contributed by atoms with Gasteiger partial charge in [0.2, 0.25) is 5.95 Å². The molecule has 0 aliphatic rings. The molecule has 0 unspecified atom stereocenters. The number of benzene rings is 2. The molecule has 1 aromatic heterocycles. The first-order valence-electron chi connectivity index (χ1n) is 9.25. The number of hydrogen-bond donors (Lipinski definition) is 0. The highest BCUT2D eigenvalue weighted by Crippen LogP contribution is 2.38. The lowest BCUT2D eigenvalue weighted by Gasteiger charge is -2.25. The van der Waals surface area contributed by atoms with Crippen molar-refractivity contribution in [2.24, 2.45) is 0 Å². The molecule has 0 saturated heterocycles. The molecule has 30 heavy (non-hydrogen) atoms. The normalized spacial score (nSPS) is 11.1. The lowest BCUT2D eigenvalue weighted by molar-refractivity contribution is -0.137. The Morgan fingerprint density at radius 1 is 0.933 bits per heavy atom. The van der Waals surface area contributed by atoms with E-state index < -0.39 is 11.7 Å². The van der Waals surface area contributed by atoms with Crippen molar-refractivity contribution >= 4 is 23.1 Å². The van der Waals surface area contributed by atoms with Crippen molar-refractivity contribution in [1.82, 2.24) is 9.97 Å². The van der Waals surface area contributed by atoms with Crippen molar-refractivity contribution in [1.29, 1.82) is 5.26 Å². The summed E-state index contributed by atoms with van der Waals surface area (Å²) in [5, 5.41) is 8.94. The van der Waals surface area contributed by atoms with Crippen LogP contribution in [0.3, 0.4) is 0 Å². The minimum atomic E-state index is -4.62. The van der Waals surface area contributed by atoms with Crippen LogP contribution in [0.4, 0.5) is 36.3 Å². The second-order valence-corrected chi connectivity index (χ2v) is 6.70. The Hall–Kier alpha value is -3.60. The van der Waals surface area contributed by atoms with Crippen LogP contribution in [-0.2, 0) is 12.6 Å². The van der Waals surface area contributed by atoms with E-state index in [9.17, 15) is 13.2 Å². The Balaban J connectivity index is 2.03. The van der Waals surface area contributed by atoms with Crippen LogP contribution in [-0.4, -0.2) is 24.1 Å². The largest absolute Gasteiger partial charge is 0.421 e. The number of aryl methyl sites for hydroxylation is 1. The maximum absolute atomic E-state index is 13.6. The van der Waals surface area contributed by atoms with Gasteiger partial charge in [0.15, 0.2) is 5.82 Å². The summed E-state index contributed by atoms with van der Waals surface area (Å²) in [6.45, 7) is 2.04. The minimum absolute atomic E-state index is 0.141. The minimum Gasteiger partial charge on any atom is -0.329 e. The van der Waals surface area contributed by atoms with Crippen LogP contribution >= 0.6 is 0 Å². The number of hydrogen-bond acceptors (Lipinski definition) is 5. The molecule has 0 amide bonds. The molecule has 0 aliphatic heterocycles. The van der Waals surface area contributed by atoms with Crippen molar-refractivity contribution in [3.05, 3.63) is 71.4 Å². The van der Waals surface area contributed by atoms with Gasteiger partial charge in [-0.2, -0.15) is 23.4 Å². The van der Waals surface area contributed by atoms with Gasteiger partial charge in [-0.3, -0.25) is 0 Å². The Bertz CT molecular complexity index is 1050. The van der Waals surface area contributed by atoms with Crippen molar-refractivity contribution < 1.29 is 13.2 Å². The summed E-state index contributed by atoms with van der Waals surface area (Å²) in [5.41, 5.74) is 1.87. The third-order valence-corrected chi connectivity index (χ3v) is 4.79. The summed E-state index contributed by atoms with van der Waals surface area (Å²) in [6.07, 6.45) is -2.93. The number of halogens is 3. The summed E-state index contributed by atoms with van der Waals surface area (Å²) < 4.78 is 40.9. The van der Waals surface area contributed by atoms with Gasteiger partial charge in [-0.15, -0.1) is 0 Å². The second-order valence-electron chi connectivity index (χ2n) is 6.70. The SMILES string of the molecule is CCc1ccc(N(C)c2ncc(C(F)(F)F)c(N(C)c3ccc(C#N)cc3)n2)cc1. The van der Waals surface area contributed by atoms with Gasteiger partial charge >= 0.3 is 6.18 Å². The number of alkyl halides is 3. The zero-order chi connectivity index (χ0) is 21.9. The number of anilines is 4. The molecule has 8 heteroatoms. The van der Waals surface area contributed by atoms with Gasteiger partial charge in [0.1, 0.15) is 5.56 Å². The van der Waals surface area contributed by atoms with E-state index in [2.05, 4.69) is 9.97 Å². The first-order chi connectivity index (χ1) is 14.2. The van der Waals surface area contributed by atoms with Gasteiger partial charge in [-0.25, -0.2) is 4.98 Å². The van der Waals surface area contributed by atoms with Crippen molar-refractivity contribution in [3.63, 3.8) is 0 Å². The summed E-state index contributed by atoms with van der Waals surface area (Å²) in [6, 6.07) is 15.9. The van der Waals surface area contributed by atoms with E-state index >= 15 is 0 Å². The molecule has 0 saturated carbocycles. The highest BCUT2D eigenvalue weighted by Gasteiger charge is 2.37. The predicted octanol–water partition coefficient (Wildman–Crippen LogP) is 5.47. The lowest BCUT2D eigenvalue weighted by Crippen LogP contribution is -2.21. The van der Waals surface area contributed by atoms with Crippen LogP contribution in [0, 0.1) is 11.3 Å². The van der Waals surface area contributed by atoms with Crippen LogP contribution in [0.2, 0.25) is 0 Å². The Morgan fingerprint density at radius 3 is 2.03 bits per heavy atom. The van der Waals surface area contributed by atoms with Gasteiger partial charge in [0, 0.05) is 31.7 Å². The van der Waals surface area contributed by atoms with Crippen molar-refractivity contribution in [3.8, 4) is 6.07 Å².